The Balaban J connectivity index is 2.33. The second-order valence-electron chi connectivity index (χ2n) is 5.80. The number of hydrogen-bond acceptors (Lipinski definition) is 2. The quantitative estimate of drug-likeness (QED) is 0.801. The van der Waals surface area contributed by atoms with Crippen LogP contribution in [0, 0.1) is 0 Å². The average Bonchev–Trinajstić information content (AvgIpc) is 2.36. The first kappa shape index (κ1) is 14.5. The molecule has 3 heteroatoms. The third kappa shape index (κ3) is 4.30. The summed E-state index contributed by atoms with van der Waals surface area (Å²) in [6, 6.07) is 0.561. The van der Waals surface area contributed by atoms with Crippen LogP contribution in [0.1, 0.15) is 59.3 Å². The molecule has 0 radical (unpaired) electrons. The molecule has 3 nitrogen and oxygen atoms in total. The lowest BCUT2D eigenvalue weighted by molar-refractivity contribution is -0.135. The van der Waals surface area contributed by atoms with Gasteiger partial charge in [-0.3, -0.25) is 4.79 Å². The van der Waals surface area contributed by atoms with Crippen molar-refractivity contribution < 1.29 is 4.79 Å². The van der Waals surface area contributed by atoms with Crippen LogP contribution in [-0.2, 0) is 4.79 Å². The second-order valence-corrected chi connectivity index (χ2v) is 5.80. The molecule has 0 spiro atoms. The molecule has 1 aliphatic rings. The zero-order chi connectivity index (χ0) is 12.9. The smallest absolute Gasteiger partial charge is 0.222 e. The van der Waals surface area contributed by atoms with Crippen molar-refractivity contribution >= 4 is 5.91 Å². The lowest BCUT2D eigenvalue weighted by atomic mass is 9.97. The molecule has 0 aliphatic carbocycles. The molecule has 1 N–H and O–H groups in total. The number of amides is 1. The summed E-state index contributed by atoms with van der Waals surface area (Å²) < 4.78 is 0. The normalized spacial score (nSPS) is 21.3. The van der Waals surface area contributed by atoms with Gasteiger partial charge in [-0.25, -0.2) is 0 Å². The monoisotopic (exact) mass is 240 g/mol. The van der Waals surface area contributed by atoms with E-state index < -0.39 is 0 Å². The van der Waals surface area contributed by atoms with Crippen LogP contribution in [0.5, 0.6) is 0 Å². The van der Waals surface area contributed by atoms with Gasteiger partial charge in [-0.05, 0) is 46.1 Å². The van der Waals surface area contributed by atoms with E-state index in [-0.39, 0.29) is 11.4 Å². The van der Waals surface area contributed by atoms with Crippen molar-refractivity contribution in [1.29, 1.82) is 0 Å². The van der Waals surface area contributed by atoms with Crippen molar-refractivity contribution in [2.75, 3.05) is 13.6 Å². The van der Waals surface area contributed by atoms with Crippen LogP contribution >= 0.6 is 0 Å². The van der Waals surface area contributed by atoms with Crippen LogP contribution in [0.2, 0.25) is 0 Å². The van der Waals surface area contributed by atoms with Crippen molar-refractivity contribution in [2.24, 2.45) is 0 Å². The predicted molar refractivity (Wildman–Crippen MR) is 72.0 cm³/mol. The minimum absolute atomic E-state index is 0.0168. The lowest BCUT2D eigenvalue weighted by Gasteiger charge is -2.35. The van der Waals surface area contributed by atoms with Crippen LogP contribution in [-0.4, -0.2) is 36.0 Å². The van der Waals surface area contributed by atoms with Crippen molar-refractivity contribution in [2.45, 2.75) is 70.9 Å². The van der Waals surface area contributed by atoms with Gasteiger partial charge < -0.3 is 10.2 Å². The Labute approximate surface area is 106 Å². The Kier molecular flexibility index (Phi) is 5.44. The SMILES string of the molecule is CCC(C)(C)N(C)C(=O)CCC1CCCCN1. The highest BCUT2D eigenvalue weighted by molar-refractivity contribution is 5.76. The van der Waals surface area contributed by atoms with E-state index >= 15 is 0 Å². The zero-order valence-electron chi connectivity index (χ0n) is 11.9. The Hall–Kier alpha value is -0.570. The molecule has 17 heavy (non-hydrogen) atoms. The second kappa shape index (κ2) is 6.39. The maximum Gasteiger partial charge on any atom is 0.222 e. The molecular weight excluding hydrogens is 212 g/mol. The Morgan fingerprint density at radius 3 is 2.65 bits per heavy atom. The molecule has 0 aromatic rings. The molecule has 1 saturated heterocycles. The molecule has 0 aromatic carbocycles. The fourth-order valence-corrected chi connectivity index (χ4v) is 2.21. The lowest BCUT2D eigenvalue weighted by Crippen LogP contribution is -2.45. The molecule has 1 fully saturated rings. The van der Waals surface area contributed by atoms with Crippen molar-refractivity contribution in [1.82, 2.24) is 10.2 Å². The standard InChI is InChI=1S/C14H28N2O/c1-5-14(2,3)16(4)13(17)10-9-12-8-6-7-11-15-12/h12,15H,5-11H2,1-4H3. The van der Waals surface area contributed by atoms with Crippen molar-refractivity contribution in [3.63, 3.8) is 0 Å². The van der Waals surface area contributed by atoms with Gasteiger partial charge in [0.2, 0.25) is 5.91 Å². The molecule has 0 aromatic heterocycles. The van der Waals surface area contributed by atoms with Gasteiger partial charge in [-0.2, -0.15) is 0 Å². The van der Waals surface area contributed by atoms with Gasteiger partial charge in [0.15, 0.2) is 0 Å². The Morgan fingerprint density at radius 1 is 1.41 bits per heavy atom. The van der Waals surface area contributed by atoms with Crippen LogP contribution in [0.3, 0.4) is 0 Å². The molecule has 0 bridgehead atoms. The van der Waals surface area contributed by atoms with E-state index in [1.165, 1.54) is 19.3 Å². The van der Waals surface area contributed by atoms with Crippen LogP contribution in [0.15, 0.2) is 0 Å². The van der Waals surface area contributed by atoms with E-state index in [0.717, 1.165) is 19.4 Å². The van der Waals surface area contributed by atoms with E-state index in [2.05, 4.69) is 26.1 Å². The summed E-state index contributed by atoms with van der Waals surface area (Å²) in [5, 5.41) is 3.50. The van der Waals surface area contributed by atoms with E-state index in [4.69, 9.17) is 0 Å². The van der Waals surface area contributed by atoms with Gasteiger partial charge in [-0.1, -0.05) is 13.3 Å². The minimum atomic E-state index is -0.0168. The maximum atomic E-state index is 12.1. The third-order valence-electron chi connectivity index (χ3n) is 4.27. The summed E-state index contributed by atoms with van der Waals surface area (Å²) in [6.07, 6.45) is 6.49. The van der Waals surface area contributed by atoms with Crippen molar-refractivity contribution in [3.05, 3.63) is 0 Å². The third-order valence-corrected chi connectivity index (χ3v) is 4.27. The number of carbonyl (C=O) groups excluding carboxylic acids is 1. The molecule has 1 aliphatic heterocycles. The predicted octanol–water partition coefficient (Wildman–Crippen LogP) is 2.56. The molecule has 1 atom stereocenters. The number of nitrogens with one attached hydrogen (secondary N) is 1. The fraction of sp³-hybridized carbons (Fsp3) is 0.929. The van der Waals surface area contributed by atoms with Gasteiger partial charge in [-0.15, -0.1) is 0 Å². The minimum Gasteiger partial charge on any atom is -0.341 e. The number of carbonyl (C=O) groups is 1. The van der Waals surface area contributed by atoms with Gasteiger partial charge in [0.25, 0.3) is 0 Å². The molecule has 1 unspecified atom stereocenters. The number of piperidine rings is 1. The highest BCUT2D eigenvalue weighted by Gasteiger charge is 2.25. The molecule has 1 rings (SSSR count). The van der Waals surface area contributed by atoms with Crippen LogP contribution in [0.25, 0.3) is 0 Å². The maximum absolute atomic E-state index is 12.1. The van der Waals surface area contributed by atoms with Crippen molar-refractivity contribution in [3.8, 4) is 0 Å². The van der Waals surface area contributed by atoms with E-state index in [1.807, 2.05) is 11.9 Å². The summed E-state index contributed by atoms with van der Waals surface area (Å²) in [4.78, 5) is 14.0. The summed E-state index contributed by atoms with van der Waals surface area (Å²) >= 11 is 0. The van der Waals surface area contributed by atoms with Crippen LogP contribution < -0.4 is 5.32 Å². The first-order valence-electron chi connectivity index (χ1n) is 6.97. The fourth-order valence-electron chi connectivity index (χ4n) is 2.21. The number of hydrogen-bond donors (Lipinski definition) is 1. The number of rotatable bonds is 5. The molecule has 1 heterocycles. The Morgan fingerprint density at radius 2 is 2.12 bits per heavy atom. The summed E-state index contributed by atoms with van der Waals surface area (Å²) in [6.45, 7) is 7.51. The molecule has 1 amide bonds. The molecule has 0 saturated carbocycles. The Bertz CT molecular complexity index is 245. The zero-order valence-corrected chi connectivity index (χ0v) is 11.9. The summed E-state index contributed by atoms with van der Waals surface area (Å²) in [5.74, 6) is 0.282. The van der Waals surface area contributed by atoms with E-state index in [0.29, 0.717) is 12.5 Å². The van der Waals surface area contributed by atoms with Gasteiger partial charge in [0, 0.05) is 25.0 Å². The average molecular weight is 240 g/mol. The van der Waals surface area contributed by atoms with E-state index in [9.17, 15) is 4.79 Å². The topological polar surface area (TPSA) is 32.3 Å². The summed E-state index contributed by atoms with van der Waals surface area (Å²) in [5.41, 5.74) is -0.0168. The van der Waals surface area contributed by atoms with Gasteiger partial charge in [0.1, 0.15) is 0 Å². The highest BCUT2D eigenvalue weighted by Crippen LogP contribution is 2.19. The van der Waals surface area contributed by atoms with Gasteiger partial charge >= 0.3 is 0 Å². The van der Waals surface area contributed by atoms with Gasteiger partial charge in [0.05, 0.1) is 0 Å². The first-order chi connectivity index (χ1) is 7.97. The highest BCUT2D eigenvalue weighted by atomic mass is 16.2. The largest absolute Gasteiger partial charge is 0.341 e. The van der Waals surface area contributed by atoms with E-state index in [1.54, 1.807) is 0 Å². The molecule has 100 valence electrons. The van der Waals surface area contributed by atoms with Crippen LogP contribution in [0.4, 0.5) is 0 Å². The summed E-state index contributed by atoms with van der Waals surface area (Å²) in [7, 11) is 1.93. The first-order valence-corrected chi connectivity index (χ1v) is 6.97. The molecular formula is C14H28N2O. The number of nitrogens with zero attached hydrogens (tertiary/aromatic N) is 1.